The summed E-state index contributed by atoms with van der Waals surface area (Å²) in [5.74, 6) is -0.331. The lowest BCUT2D eigenvalue weighted by Crippen LogP contribution is -2.47. The Morgan fingerprint density at radius 2 is 1.84 bits per heavy atom. The summed E-state index contributed by atoms with van der Waals surface area (Å²) in [6.45, 7) is 1.80. The summed E-state index contributed by atoms with van der Waals surface area (Å²) < 4.78 is 45.2. The van der Waals surface area contributed by atoms with Crippen LogP contribution in [0.25, 0.3) is 0 Å². The Balaban J connectivity index is 2.05. The monoisotopic (exact) mass is 288 g/mol. The smallest absolute Gasteiger partial charge is 0.282 e. The minimum atomic E-state index is -3.48. The lowest BCUT2D eigenvalue weighted by Gasteiger charge is -2.30. The molecule has 1 fully saturated rings. The molecule has 1 aliphatic heterocycles. The normalized spacial score (nSPS) is 17.8. The zero-order valence-corrected chi connectivity index (χ0v) is 11.6. The molecule has 7 heteroatoms. The molecule has 0 spiro atoms. The van der Waals surface area contributed by atoms with Crippen LogP contribution in [0.2, 0.25) is 0 Å². The van der Waals surface area contributed by atoms with Crippen molar-refractivity contribution in [2.24, 2.45) is 0 Å². The minimum absolute atomic E-state index is 0.222. The summed E-state index contributed by atoms with van der Waals surface area (Å²) in [4.78, 5) is 0. The highest BCUT2D eigenvalue weighted by molar-refractivity contribution is 7.86. The summed E-state index contributed by atoms with van der Waals surface area (Å²) in [5.41, 5.74) is 0.751. The first kappa shape index (κ1) is 14.4. The van der Waals surface area contributed by atoms with E-state index < -0.39 is 10.2 Å². The molecule has 0 atom stereocenters. The molecule has 0 amide bonds. The van der Waals surface area contributed by atoms with Gasteiger partial charge < -0.3 is 4.74 Å². The van der Waals surface area contributed by atoms with Crippen molar-refractivity contribution in [3.8, 4) is 0 Å². The van der Waals surface area contributed by atoms with Crippen molar-refractivity contribution in [2.45, 2.75) is 6.54 Å². The first-order valence-electron chi connectivity index (χ1n) is 6.04. The number of nitrogens with zero attached hydrogens (tertiary/aromatic N) is 2. The number of ether oxygens (including phenoxy) is 1. The molecule has 5 nitrogen and oxygen atoms in total. The molecule has 0 radical (unpaired) electrons. The van der Waals surface area contributed by atoms with Crippen LogP contribution >= 0.6 is 0 Å². The second kappa shape index (κ2) is 5.96. The van der Waals surface area contributed by atoms with Gasteiger partial charge in [0, 0.05) is 26.7 Å². The summed E-state index contributed by atoms with van der Waals surface area (Å²) in [7, 11) is -1.96. The van der Waals surface area contributed by atoms with Crippen LogP contribution in [0.3, 0.4) is 0 Å². The van der Waals surface area contributed by atoms with E-state index in [0.717, 1.165) is 5.56 Å². The third kappa shape index (κ3) is 3.50. The van der Waals surface area contributed by atoms with E-state index in [-0.39, 0.29) is 12.4 Å². The Morgan fingerprint density at radius 3 is 2.42 bits per heavy atom. The predicted molar refractivity (Wildman–Crippen MR) is 69.2 cm³/mol. The lowest BCUT2D eigenvalue weighted by atomic mass is 10.2. The molecule has 0 unspecified atom stereocenters. The standard InChI is InChI=1S/C12H17FN2O3S/c1-14(10-11-2-4-12(13)5-3-11)19(16,17)15-6-8-18-9-7-15/h2-5H,6-10H2,1H3. The van der Waals surface area contributed by atoms with Crippen LogP contribution in [0.1, 0.15) is 5.56 Å². The minimum Gasteiger partial charge on any atom is -0.379 e. The molecule has 0 saturated carbocycles. The van der Waals surface area contributed by atoms with Crippen LogP contribution in [-0.4, -0.2) is 50.4 Å². The molecule has 0 bridgehead atoms. The Morgan fingerprint density at radius 1 is 1.26 bits per heavy atom. The lowest BCUT2D eigenvalue weighted by molar-refractivity contribution is 0.0705. The number of rotatable bonds is 4. The van der Waals surface area contributed by atoms with Crippen LogP contribution in [0, 0.1) is 5.82 Å². The second-order valence-electron chi connectivity index (χ2n) is 4.40. The van der Waals surface area contributed by atoms with E-state index in [4.69, 9.17) is 4.74 Å². The van der Waals surface area contributed by atoms with Crippen molar-refractivity contribution in [3.05, 3.63) is 35.6 Å². The molecule has 1 heterocycles. The molecule has 1 aliphatic rings. The number of hydrogen-bond acceptors (Lipinski definition) is 3. The zero-order valence-electron chi connectivity index (χ0n) is 10.8. The van der Waals surface area contributed by atoms with Gasteiger partial charge in [0.1, 0.15) is 5.82 Å². The largest absolute Gasteiger partial charge is 0.379 e. The quantitative estimate of drug-likeness (QED) is 0.825. The molecule has 1 aromatic rings. The van der Waals surface area contributed by atoms with Gasteiger partial charge >= 0.3 is 0 Å². The average molecular weight is 288 g/mol. The van der Waals surface area contributed by atoms with Gasteiger partial charge in [-0.15, -0.1) is 0 Å². The van der Waals surface area contributed by atoms with Gasteiger partial charge in [-0.1, -0.05) is 12.1 Å². The van der Waals surface area contributed by atoms with E-state index in [1.54, 1.807) is 12.1 Å². The van der Waals surface area contributed by atoms with Gasteiger partial charge in [0.2, 0.25) is 0 Å². The molecular weight excluding hydrogens is 271 g/mol. The van der Waals surface area contributed by atoms with E-state index in [0.29, 0.717) is 26.3 Å². The fourth-order valence-electron chi connectivity index (χ4n) is 1.90. The molecule has 1 saturated heterocycles. The Hall–Kier alpha value is -1.02. The maximum absolute atomic E-state index is 12.8. The van der Waals surface area contributed by atoms with Crippen molar-refractivity contribution in [3.63, 3.8) is 0 Å². The maximum atomic E-state index is 12.8. The number of halogens is 1. The van der Waals surface area contributed by atoms with Crippen molar-refractivity contribution < 1.29 is 17.5 Å². The Labute approximate surface area is 112 Å². The Kier molecular flexibility index (Phi) is 4.51. The highest BCUT2D eigenvalue weighted by Crippen LogP contribution is 2.13. The molecule has 106 valence electrons. The van der Waals surface area contributed by atoms with Gasteiger partial charge in [-0.25, -0.2) is 4.39 Å². The average Bonchev–Trinajstić information content (AvgIpc) is 2.42. The molecule has 0 aromatic heterocycles. The van der Waals surface area contributed by atoms with Crippen LogP contribution in [-0.2, 0) is 21.5 Å². The van der Waals surface area contributed by atoms with Crippen LogP contribution in [0.15, 0.2) is 24.3 Å². The fraction of sp³-hybridized carbons (Fsp3) is 0.500. The zero-order chi connectivity index (χ0) is 13.9. The van der Waals surface area contributed by atoms with Crippen LogP contribution < -0.4 is 0 Å². The first-order valence-corrected chi connectivity index (χ1v) is 7.43. The molecule has 2 rings (SSSR count). The van der Waals surface area contributed by atoms with E-state index in [1.807, 2.05) is 0 Å². The van der Waals surface area contributed by atoms with E-state index >= 15 is 0 Å². The molecule has 0 N–H and O–H groups in total. The van der Waals surface area contributed by atoms with Crippen molar-refractivity contribution in [1.82, 2.24) is 8.61 Å². The third-order valence-corrected chi connectivity index (χ3v) is 4.94. The summed E-state index contributed by atoms with van der Waals surface area (Å²) >= 11 is 0. The summed E-state index contributed by atoms with van der Waals surface area (Å²) in [5, 5.41) is 0. The highest BCUT2D eigenvalue weighted by Gasteiger charge is 2.28. The molecular formula is C12H17FN2O3S. The number of morpholine rings is 1. The predicted octanol–water partition coefficient (Wildman–Crippen LogP) is 0.835. The van der Waals surface area contributed by atoms with Crippen molar-refractivity contribution in [1.29, 1.82) is 0 Å². The molecule has 1 aromatic carbocycles. The second-order valence-corrected chi connectivity index (χ2v) is 6.44. The van der Waals surface area contributed by atoms with Crippen LogP contribution in [0.5, 0.6) is 0 Å². The van der Waals surface area contributed by atoms with Gasteiger partial charge in [-0.05, 0) is 17.7 Å². The Bertz CT molecular complexity index is 512. The first-order chi connectivity index (χ1) is 9.00. The van der Waals surface area contributed by atoms with E-state index in [1.165, 1.54) is 27.8 Å². The highest BCUT2D eigenvalue weighted by atomic mass is 32.2. The third-order valence-electron chi connectivity index (χ3n) is 3.01. The van der Waals surface area contributed by atoms with Gasteiger partial charge in [-0.3, -0.25) is 0 Å². The topological polar surface area (TPSA) is 49.9 Å². The van der Waals surface area contributed by atoms with Gasteiger partial charge in [0.05, 0.1) is 13.2 Å². The number of hydrogen-bond donors (Lipinski definition) is 0. The van der Waals surface area contributed by atoms with E-state index in [9.17, 15) is 12.8 Å². The fourth-order valence-corrected chi connectivity index (χ4v) is 3.22. The van der Waals surface area contributed by atoms with Gasteiger partial charge in [-0.2, -0.15) is 17.0 Å². The van der Waals surface area contributed by atoms with Gasteiger partial charge in [0.15, 0.2) is 0 Å². The van der Waals surface area contributed by atoms with E-state index in [2.05, 4.69) is 0 Å². The molecule has 0 aliphatic carbocycles. The van der Waals surface area contributed by atoms with Crippen LogP contribution in [0.4, 0.5) is 4.39 Å². The molecule has 19 heavy (non-hydrogen) atoms. The van der Waals surface area contributed by atoms with Crippen molar-refractivity contribution in [2.75, 3.05) is 33.4 Å². The maximum Gasteiger partial charge on any atom is 0.282 e. The van der Waals surface area contributed by atoms with Gasteiger partial charge in [0.25, 0.3) is 10.2 Å². The summed E-state index contributed by atoms with van der Waals surface area (Å²) in [6, 6.07) is 5.82. The van der Waals surface area contributed by atoms with Crippen molar-refractivity contribution >= 4 is 10.2 Å². The number of benzene rings is 1. The SMILES string of the molecule is CN(Cc1ccc(F)cc1)S(=O)(=O)N1CCOCC1. The summed E-state index contributed by atoms with van der Waals surface area (Å²) in [6.07, 6.45) is 0.